The van der Waals surface area contributed by atoms with Gasteiger partial charge in [0.25, 0.3) is 0 Å². The van der Waals surface area contributed by atoms with Gasteiger partial charge in [-0.3, -0.25) is 24.1 Å². The molecule has 1 N–H and O–H groups in total. The fourth-order valence-electron chi connectivity index (χ4n) is 6.44. The summed E-state index contributed by atoms with van der Waals surface area (Å²) in [5, 5.41) is 3.88. The lowest BCUT2D eigenvalue weighted by molar-refractivity contribution is -0.134. The van der Waals surface area contributed by atoms with Crippen molar-refractivity contribution in [2.24, 2.45) is 17.8 Å². The van der Waals surface area contributed by atoms with Gasteiger partial charge in [-0.1, -0.05) is 38.7 Å². The summed E-state index contributed by atoms with van der Waals surface area (Å²) in [6.45, 7) is 6.83. The molecule has 42 heavy (non-hydrogen) atoms. The van der Waals surface area contributed by atoms with Crippen molar-refractivity contribution in [3.05, 3.63) is 36.1 Å². The van der Waals surface area contributed by atoms with Gasteiger partial charge < -0.3 is 19.2 Å². The van der Waals surface area contributed by atoms with Gasteiger partial charge in [-0.15, -0.1) is 0 Å². The Morgan fingerprint density at radius 3 is 2.52 bits per heavy atom. The van der Waals surface area contributed by atoms with Gasteiger partial charge in [-0.25, -0.2) is 0 Å². The largest absolute Gasteiger partial charge is 0.464 e. The van der Waals surface area contributed by atoms with Crippen LogP contribution >= 0.6 is 0 Å². The first-order chi connectivity index (χ1) is 20.2. The maximum atomic E-state index is 13.9. The number of ether oxygens (including phenoxy) is 2. The van der Waals surface area contributed by atoms with Crippen LogP contribution in [-0.4, -0.2) is 79.3 Å². The lowest BCUT2D eigenvalue weighted by atomic mass is 9.81. The first-order valence-corrected chi connectivity index (χ1v) is 15.5. The summed E-state index contributed by atoms with van der Waals surface area (Å²) >= 11 is 0. The number of nitrogens with one attached hydrogen (secondary N) is 1. The highest BCUT2D eigenvalue weighted by atomic mass is 16.6. The van der Waals surface area contributed by atoms with Crippen molar-refractivity contribution in [3.8, 4) is 0 Å². The molecule has 3 heterocycles. The number of furan rings is 1. The van der Waals surface area contributed by atoms with Crippen LogP contribution in [-0.2, 0) is 35.1 Å². The first-order valence-electron chi connectivity index (χ1n) is 15.5. The van der Waals surface area contributed by atoms with E-state index in [0.29, 0.717) is 51.8 Å². The third kappa shape index (κ3) is 7.94. The Bertz CT molecular complexity index is 1270. The zero-order valence-electron chi connectivity index (χ0n) is 24.9. The molecule has 9 nitrogen and oxygen atoms in total. The second kappa shape index (κ2) is 13.6. The van der Waals surface area contributed by atoms with E-state index in [1.165, 1.54) is 0 Å². The van der Waals surface area contributed by atoms with Crippen LogP contribution < -0.4 is 5.32 Å². The number of benzene rings is 1. The van der Waals surface area contributed by atoms with Gasteiger partial charge in [-0.05, 0) is 49.4 Å². The smallest absolute Gasteiger partial charge is 0.223 e. The SMILES string of the molecule is C[C@H](CC(=O)CN1CCOCC1)C(=O)N[C@@H](Cc1ccc2occc2c1)C(=O)C[C@@H](CC1CCCC1)C(=O)[C@@]1(C)CO1. The highest BCUT2D eigenvalue weighted by Crippen LogP contribution is 2.37. The summed E-state index contributed by atoms with van der Waals surface area (Å²) in [5.74, 6) is -1.09. The lowest BCUT2D eigenvalue weighted by Crippen LogP contribution is -2.46. The topological polar surface area (TPSA) is 118 Å². The Morgan fingerprint density at radius 2 is 1.81 bits per heavy atom. The standard InChI is InChI=1S/C33H44N2O7/c1-22(15-27(36)20-35-10-13-40-14-11-35)32(39)34-28(18-24-7-8-30-25(17-24)9-12-41-30)29(37)19-26(16-23-5-3-4-6-23)31(38)33(2)21-42-33/h7-9,12,17,22-23,26,28H,3-6,10-11,13-16,18-21H2,1-2H3,(H,34,39)/t22-,26-,28+,33-/m1/s1. The molecule has 228 valence electrons. The van der Waals surface area contributed by atoms with Crippen LogP contribution in [0.1, 0.15) is 64.4 Å². The van der Waals surface area contributed by atoms with Gasteiger partial charge >= 0.3 is 0 Å². The highest BCUT2D eigenvalue weighted by Gasteiger charge is 2.50. The van der Waals surface area contributed by atoms with Crippen molar-refractivity contribution in [3.63, 3.8) is 0 Å². The van der Waals surface area contributed by atoms with Gasteiger partial charge in [0.15, 0.2) is 11.6 Å². The van der Waals surface area contributed by atoms with Gasteiger partial charge in [0, 0.05) is 43.2 Å². The van der Waals surface area contributed by atoms with Crippen LogP contribution in [0.3, 0.4) is 0 Å². The van der Waals surface area contributed by atoms with Crippen molar-refractivity contribution >= 4 is 34.2 Å². The third-order valence-electron chi connectivity index (χ3n) is 9.16. The molecule has 1 aromatic carbocycles. The summed E-state index contributed by atoms with van der Waals surface area (Å²) < 4.78 is 16.3. The van der Waals surface area contributed by atoms with E-state index in [0.717, 1.165) is 42.2 Å². The molecule has 2 aliphatic heterocycles. The highest BCUT2D eigenvalue weighted by molar-refractivity contribution is 5.97. The molecule has 0 radical (unpaired) electrons. The minimum atomic E-state index is -0.814. The van der Waals surface area contributed by atoms with Crippen LogP contribution in [0, 0.1) is 17.8 Å². The predicted octanol–water partition coefficient (Wildman–Crippen LogP) is 3.90. The summed E-state index contributed by atoms with van der Waals surface area (Å²) in [5.41, 5.74) is 0.831. The molecule has 1 saturated carbocycles. The van der Waals surface area contributed by atoms with Crippen molar-refractivity contribution in [1.82, 2.24) is 10.2 Å². The van der Waals surface area contributed by atoms with Crippen LogP contribution in [0.5, 0.6) is 0 Å². The van der Waals surface area contributed by atoms with Crippen molar-refractivity contribution in [1.29, 1.82) is 0 Å². The monoisotopic (exact) mass is 580 g/mol. The fraction of sp³-hybridized carbons (Fsp3) is 0.636. The van der Waals surface area contributed by atoms with E-state index in [1.54, 1.807) is 20.1 Å². The Balaban J connectivity index is 1.28. The number of ketones is 3. The Hall–Kier alpha value is -2.88. The van der Waals surface area contributed by atoms with Gasteiger partial charge in [-0.2, -0.15) is 0 Å². The Labute approximate surface area is 247 Å². The molecule has 1 aromatic heterocycles. The quantitative estimate of drug-likeness (QED) is 0.315. The molecule has 1 amide bonds. The predicted molar refractivity (Wildman–Crippen MR) is 157 cm³/mol. The average molecular weight is 581 g/mol. The molecular weight excluding hydrogens is 536 g/mol. The van der Waals surface area contributed by atoms with Gasteiger partial charge in [0.1, 0.15) is 17.0 Å². The fourth-order valence-corrected chi connectivity index (χ4v) is 6.44. The number of morpholine rings is 1. The first kappa shape index (κ1) is 30.6. The summed E-state index contributed by atoms with van der Waals surface area (Å²) in [4.78, 5) is 55.5. The number of fused-ring (bicyclic) bond motifs is 1. The number of amides is 1. The van der Waals surface area contributed by atoms with E-state index in [4.69, 9.17) is 13.9 Å². The van der Waals surface area contributed by atoms with Crippen LogP contribution in [0.15, 0.2) is 34.9 Å². The molecule has 5 rings (SSSR count). The lowest BCUT2D eigenvalue weighted by Gasteiger charge is -2.26. The molecule has 0 bridgehead atoms. The van der Waals surface area contributed by atoms with E-state index in [1.807, 2.05) is 29.2 Å². The van der Waals surface area contributed by atoms with Crippen molar-refractivity contribution < 1.29 is 33.1 Å². The number of Topliss-reactive ketones (excluding diaryl/α,β-unsaturated/α-hetero) is 3. The summed E-state index contributed by atoms with van der Waals surface area (Å²) in [6.07, 6.45) is 7.23. The van der Waals surface area contributed by atoms with E-state index in [-0.39, 0.29) is 42.5 Å². The molecule has 2 aromatic rings. The van der Waals surface area contributed by atoms with Crippen LogP contribution in [0.4, 0.5) is 0 Å². The molecule has 0 spiro atoms. The number of carbonyl (C=O) groups is 4. The Morgan fingerprint density at radius 1 is 1.07 bits per heavy atom. The molecule has 3 fully saturated rings. The zero-order valence-corrected chi connectivity index (χ0v) is 24.9. The number of hydrogen-bond acceptors (Lipinski definition) is 8. The second-order valence-corrected chi connectivity index (χ2v) is 12.7. The van der Waals surface area contributed by atoms with E-state index >= 15 is 0 Å². The summed E-state index contributed by atoms with van der Waals surface area (Å²) in [6, 6.07) is 6.77. The van der Waals surface area contributed by atoms with E-state index < -0.39 is 23.5 Å². The van der Waals surface area contributed by atoms with Crippen LogP contribution in [0.25, 0.3) is 11.0 Å². The van der Waals surface area contributed by atoms with E-state index in [2.05, 4.69) is 5.32 Å². The number of carbonyl (C=O) groups excluding carboxylic acids is 4. The Kier molecular flexibility index (Phi) is 9.91. The summed E-state index contributed by atoms with van der Waals surface area (Å²) in [7, 11) is 0. The molecule has 3 aliphatic rings. The maximum Gasteiger partial charge on any atom is 0.223 e. The minimum Gasteiger partial charge on any atom is -0.464 e. The van der Waals surface area contributed by atoms with E-state index in [9.17, 15) is 19.2 Å². The number of nitrogens with zero attached hydrogens (tertiary/aromatic N) is 1. The van der Waals surface area contributed by atoms with Crippen molar-refractivity contribution in [2.75, 3.05) is 39.5 Å². The molecule has 2 saturated heterocycles. The molecule has 9 heteroatoms. The number of rotatable bonds is 15. The van der Waals surface area contributed by atoms with Gasteiger partial charge in [0.05, 0.1) is 38.7 Å². The second-order valence-electron chi connectivity index (χ2n) is 12.7. The average Bonchev–Trinajstić information content (AvgIpc) is 3.32. The number of hydrogen-bond donors (Lipinski definition) is 1. The van der Waals surface area contributed by atoms with Crippen molar-refractivity contribution in [2.45, 2.75) is 76.9 Å². The molecule has 4 atom stereocenters. The zero-order chi connectivity index (χ0) is 29.7. The molecular formula is C33H44N2O7. The molecule has 1 aliphatic carbocycles. The third-order valence-corrected chi connectivity index (χ3v) is 9.16. The minimum absolute atomic E-state index is 0.00489. The molecule has 0 unspecified atom stereocenters. The normalized spacial score (nSPS) is 23.4. The number of epoxide rings is 1. The van der Waals surface area contributed by atoms with Crippen LogP contribution in [0.2, 0.25) is 0 Å². The van der Waals surface area contributed by atoms with Gasteiger partial charge in [0.2, 0.25) is 5.91 Å². The maximum absolute atomic E-state index is 13.9.